The van der Waals surface area contributed by atoms with E-state index in [4.69, 9.17) is 10.5 Å². The van der Waals surface area contributed by atoms with E-state index >= 15 is 0 Å². The van der Waals surface area contributed by atoms with Gasteiger partial charge in [0.2, 0.25) is 0 Å². The maximum absolute atomic E-state index is 11.7. The van der Waals surface area contributed by atoms with Crippen LogP contribution in [-0.4, -0.2) is 18.7 Å². The summed E-state index contributed by atoms with van der Waals surface area (Å²) in [7, 11) is 0. The van der Waals surface area contributed by atoms with Gasteiger partial charge in [-0.25, -0.2) is 4.79 Å². The van der Waals surface area contributed by atoms with Crippen molar-refractivity contribution < 1.29 is 9.53 Å². The number of ether oxygens (including phenoxy) is 1. The molecule has 1 aromatic rings. The van der Waals surface area contributed by atoms with Crippen molar-refractivity contribution in [3.8, 4) is 0 Å². The van der Waals surface area contributed by atoms with E-state index in [9.17, 15) is 4.79 Å². The SMILES string of the molecule is CC(C)[C@@H]1COC(=O)N1c1cccc(N)c1. The first-order valence-electron chi connectivity index (χ1n) is 5.41. The van der Waals surface area contributed by atoms with E-state index in [0.717, 1.165) is 5.69 Å². The molecule has 0 saturated carbocycles. The molecule has 1 saturated heterocycles. The smallest absolute Gasteiger partial charge is 0.414 e. The zero-order valence-corrected chi connectivity index (χ0v) is 9.51. The Morgan fingerprint density at radius 1 is 1.50 bits per heavy atom. The van der Waals surface area contributed by atoms with Crippen molar-refractivity contribution in [2.24, 2.45) is 5.92 Å². The molecule has 0 unspecified atom stereocenters. The highest BCUT2D eigenvalue weighted by atomic mass is 16.6. The third-order valence-electron chi connectivity index (χ3n) is 2.82. The summed E-state index contributed by atoms with van der Waals surface area (Å²) in [6.45, 7) is 4.60. The predicted octanol–water partition coefficient (Wildman–Crippen LogP) is 2.25. The van der Waals surface area contributed by atoms with Gasteiger partial charge in [-0.3, -0.25) is 4.90 Å². The van der Waals surface area contributed by atoms with Crippen molar-refractivity contribution in [3.63, 3.8) is 0 Å². The lowest BCUT2D eigenvalue weighted by atomic mass is 10.0. The zero-order valence-electron chi connectivity index (χ0n) is 9.51. The van der Waals surface area contributed by atoms with Gasteiger partial charge in [0, 0.05) is 11.4 Å². The van der Waals surface area contributed by atoms with E-state index in [1.165, 1.54) is 0 Å². The van der Waals surface area contributed by atoms with E-state index in [1.54, 1.807) is 17.0 Å². The molecular weight excluding hydrogens is 204 g/mol. The lowest BCUT2D eigenvalue weighted by Gasteiger charge is -2.24. The summed E-state index contributed by atoms with van der Waals surface area (Å²) in [5.74, 6) is 0.355. The van der Waals surface area contributed by atoms with Gasteiger partial charge >= 0.3 is 6.09 Å². The molecule has 1 aliphatic heterocycles. The summed E-state index contributed by atoms with van der Waals surface area (Å²) in [5.41, 5.74) is 7.17. The fourth-order valence-electron chi connectivity index (χ4n) is 1.90. The van der Waals surface area contributed by atoms with Gasteiger partial charge in [-0.1, -0.05) is 19.9 Å². The number of benzene rings is 1. The van der Waals surface area contributed by atoms with Gasteiger partial charge in [0.15, 0.2) is 0 Å². The molecule has 1 heterocycles. The lowest BCUT2D eigenvalue weighted by molar-refractivity contribution is 0.177. The van der Waals surface area contributed by atoms with Crippen LogP contribution in [0, 0.1) is 5.92 Å². The Hall–Kier alpha value is -1.71. The van der Waals surface area contributed by atoms with Crippen molar-refractivity contribution in [1.82, 2.24) is 0 Å². The van der Waals surface area contributed by atoms with Crippen LogP contribution in [-0.2, 0) is 4.74 Å². The molecule has 1 fully saturated rings. The second-order valence-corrected chi connectivity index (χ2v) is 4.35. The number of carbonyl (C=O) groups excluding carboxylic acids is 1. The molecule has 0 aliphatic carbocycles. The monoisotopic (exact) mass is 220 g/mol. The number of nitrogens with two attached hydrogens (primary N) is 1. The summed E-state index contributed by atoms with van der Waals surface area (Å²) in [4.78, 5) is 13.3. The standard InChI is InChI=1S/C12H16N2O2/c1-8(2)11-7-16-12(15)14(11)10-5-3-4-9(13)6-10/h3-6,8,11H,7,13H2,1-2H3/t11-/m0/s1. The summed E-state index contributed by atoms with van der Waals surface area (Å²) in [6.07, 6.45) is -0.288. The predicted molar refractivity (Wildman–Crippen MR) is 63.3 cm³/mol. The maximum Gasteiger partial charge on any atom is 0.414 e. The third-order valence-corrected chi connectivity index (χ3v) is 2.82. The number of amides is 1. The zero-order chi connectivity index (χ0) is 11.7. The molecule has 2 N–H and O–H groups in total. The van der Waals surface area contributed by atoms with Gasteiger partial charge in [-0.2, -0.15) is 0 Å². The first kappa shape index (κ1) is 10.8. The van der Waals surface area contributed by atoms with Crippen LogP contribution in [0.4, 0.5) is 16.2 Å². The highest BCUT2D eigenvalue weighted by Crippen LogP contribution is 2.27. The maximum atomic E-state index is 11.7. The molecule has 0 radical (unpaired) electrons. The Kier molecular flexibility index (Phi) is 2.73. The molecular formula is C12H16N2O2. The first-order chi connectivity index (χ1) is 7.59. The van der Waals surface area contributed by atoms with E-state index in [2.05, 4.69) is 13.8 Å². The van der Waals surface area contributed by atoms with E-state index < -0.39 is 0 Å². The largest absolute Gasteiger partial charge is 0.447 e. The molecule has 0 spiro atoms. The average molecular weight is 220 g/mol. The average Bonchev–Trinajstić information content (AvgIpc) is 2.60. The summed E-state index contributed by atoms with van der Waals surface area (Å²) >= 11 is 0. The van der Waals surface area contributed by atoms with Gasteiger partial charge in [0.1, 0.15) is 6.61 Å². The molecule has 4 heteroatoms. The first-order valence-corrected chi connectivity index (χ1v) is 5.41. The minimum Gasteiger partial charge on any atom is -0.447 e. The summed E-state index contributed by atoms with van der Waals surface area (Å²) < 4.78 is 5.08. The number of rotatable bonds is 2. The molecule has 2 rings (SSSR count). The Balaban J connectivity index is 2.33. The fraction of sp³-hybridized carbons (Fsp3) is 0.417. The van der Waals surface area contributed by atoms with Gasteiger partial charge < -0.3 is 10.5 Å². The number of anilines is 2. The number of nitrogen functional groups attached to an aromatic ring is 1. The molecule has 1 atom stereocenters. The number of hydrogen-bond acceptors (Lipinski definition) is 3. The lowest BCUT2D eigenvalue weighted by Crippen LogP contribution is -2.37. The van der Waals surface area contributed by atoms with Crippen molar-refractivity contribution >= 4 is 17.5 Å². The van der Waals surface area contributed by atoms with E-state index in [0.29, 0.717) is 18.2 Å². The third kappa shape index (κ3) is 1.83. The van der Waals surface area contributed by atoms with Crippen LogP contribution in [0.2, 0.25) is 0 Å². The topological polar surface area (TPSA) is 55.6 Å². The Labute approximate surface area is 95.0 Å². The molecule has 1 amide bonds. The number of hydrogen-bond donors (Lipinski definition) is 1. The van der Waals surface area contributed by atoms with Gasteiger partial charge in [-0.15, -0.1) is 0 Å². The van der Waals surface area contributed by atoms with Crippen LogP contribution in [0.5, 0.6) is 0 Å². The Morgan fingerprint density at radius 2 is 2.25 bits per heavy atom. The second kappa shape index (κ2) is 4.04. The molecule has 86 valence electrons. The molecule has 0 aromatic heterocycles. The molecule has 16 heavy (non-hydrogen) atoms. The normalized spacial score (nSPS) is 20.3. The minimum atomic E-state index is -0.288. The van der Waals surface area contributed by atoms with E-state index in [-0.39, 0.29) is 12.1 Å². The molecule has 4 nitrogen and oxygen atoms in total. The van der Waals surface area contributed by atoms with Crippen LogP contribution >= 0.6 is 0 Å². The van der Waals surface area contributed by atoms with Crippen LogP contribution in [0.25, 0.3) is 0 Å². The number of carbonyl (C=O) groups is 1. The highest BCUT2D eigenvalue weighted by molar-refractivity contribution is 5.90. The van der Waals surface area contributed by atoms with Gasteiger partial charge in [-0.05, 0) is 24.1 Å². The Morgan fingerprint density at radius 3 is 2.88 bits per heavy atom. The second-order valence-electron chi connectivity index (χ2n) is 4.35. The van der Waals surface area contributed by atoms with Crippen LogP contribution < -0.4 is 10.6 Å². The summed E-state index contributed by atoms with van der Waals surface area (Å²) in [5, 5.41) is 0. The van der Waals surface area contributed by atoms with Crippen LogP contribution in [0.3, 0.4) is 0 Å². The quantitative estimate of drug-likeness (QED) is 0.778. The summed E-state index contributed by atoms with van der Waals surface area (Å²) in [6, 6.07) is 7.40. The van der Waals surface area contributed by atoms with Crippen LogP contribution in [0.15, 0.2) is 24.3 Å². The van der Waals surface area contributed by atoms with Crippen LogP contribution in [0.1, 0.15) is 13.8 Å². The van der Waals surface area contributed by atoms with Gasteiger partial charge in [0.05, 0.1) is 6.04 Å². The van der Waals surface area contributed by atoms with E-state index in [1.807, 2.05) is 12.1 Å². The fourth-order valence-corrected chi connectivity index (χ4v) is 1.90. The highest BCUT2D eigenvalue weighted by Gasteiger charge is 2.35. The number of cyclic esters (lactones) is 1. The van der Waals surface area contributed by atoms with Crippen molar-refractivity contribution in [2.45, 2.75) is 19.9 Å². The molecule has 1 aliphatic rings. The van der Waals surface area contributed by atoms with Gasteiger partial charge in [0.25, 0.3) is 0 Å². The van der Waals surface area contributed by atoms with Crippen molar-refractivity contribution in [1.29, 1.82) is 0 Å². The molecule has 0 bridgehead atoms. The van der Waals surface area contributed by atoms with Crippen molar-refractivity contribution in [2.75, 3.05) is 17.2 Å². The number of nitrogens with zero attached hydrogens (tertiary/aromatic N) is 1. The molecule has 1 aromatic carbocycles. The van der Waals surface area contributed by atoms with Crippen molar-refractivity contribution in [3.05, 3.63) is 24.3 Å². The minimum absolute atomic E-state index is 0.0919. The Bertz CT molecular complexity index is 404.